The van der Waals surface area contributed by atoms with Crippen LogP contribution in [0.2, 0.25) is 0 Å². The van der Waals surface area contributed by atoms with Crippen LogP contribution in [0.15, 0.2) is 176 Å². The SMILES string of the molecule is C1=C2C(CC=C1n1c3c(c4ccccc41)CCc1c-3c3ccccc3n1C1CCc3c(n(-c4ccccc4)c4ccccc34)C1)c1ccccc1N2c1ccccc1. The number of rotatable bonds is 4. The highest BCUT2D eigenvalue weighted by atomic mass is 15.2. The second kappa shape index (κ2) is 12.4. The first-order valence-corrected chi connectivity index (χ1v) is 21.1. The molecule has 2 atom stereocenters. The molecule has 0 fully saturated rings. The van der Waals surface area contributed by atoms with Gasteiger partial charge in [0.25, 0.3) is 0 Å². The summed E-state index contributed by atoms with van der Waals surface area (Å²) in [5, 5.41) is 4.16. The highest BCUT2D eigenvalue weighted by Gasteiger charge is 2.38. The summed E-state index contributed by atoms with van der Waals surface area (Å²) in [6, 6.07) is 58.8. The zero-order valence-electron chi connectivity index (χ0n) is 32.4. The molecule has 0 spiro atoms. The van der Waals surface area contributed by atoms with Crippen molar-refractivity contribution >= 4 is 49.8 Å². The Kier molecular flexibility index (Phi) is 6.89. The van der Waals surface area contributed by atoms with Crippen molar-refractivity contribution in [2.24, 2.45) is 0 Å². The van der Waals surface area contributed by atoms with Crippen LogP contribution in [0, 0.1) is 0 Å². The lowest BCUT2D eigenvalue weighted by atomic mass is 9.89. The lowest BCUT2D eigenvalue weighted by molar-refractivity contribution is 0.436. The van der Waals surface area contributed by atoms with Gasteiger partial charge in [-0.25, -0.2) is 0 Å². The fraction of sp³-hybridized carbons (Fsp3) is 0.148. The number of para-hydroxylation sites is 6. The highest BCUT2D eigenvalue weighted by Crippen LogP contribution is 2.54. The molecule has 13 rings (SSSR count). The monoisotopic (exact) mass is 746 g/mol. The van der Waals surface area contributed by atoms with Gasteiger partial charge in [0.15, 0.2) is 0 Å². The third-order valence-electron chi connectivity index (χ3n) is 13.8. The molecule has 1 aliphatic heterocycles. The molecule has 3 aliphatic carbocycles. The average molecular weight is 747 g/mol. The molecule has 9 aromatic rings. The second-order valence-corrected chi connectivity index (χ2v) is 16.6. The molecule has 6 aromatic carbocycles. The third kappa shape index (κ3) is 4.46. The predicted molar refractivity (Wildman–Crippen MR) is 239 cm³/mol. The maximum Gasteiger partial charge on any atom is 0.0597 e. The van der Waals surface area contributed by atoms with E-state index in [1.165, 1.54) is 101 Å². The Bertz CT molecular complexity index is 3190. The smallest absolute Gasteiger partial charge is 0.0597 e. The van der Waals surface area contributed by atoms with Gasteiger partial charge in [-0.15, -0.1) is 0 Å². The molecule has 0 N–H and O–H groups in total. The number of hydrogen-bond donors (Lipinski definition) is 0. The molecule has 0 amide bonds. The Morgan fingerprint density at radius 3 is 1.93 bits per heavy atom. The van der Waals surface area contributed by atoms with Crippen LogP contribution in [0.25, 0.3) is 55.4 Å². The standard InChI is InChI=1S/C54H42N4/c1-3-15-35(16-4-1)55-46-23-11-7-19-39(46)42-29-27-37(33-51(42)55)57-49-26-14-10-22-45(49)53-50(57)32-31-44-41-21-9-13-25-48(41)58(54(44)53)38-28-30-43-40-20-8-12-24-47(40)56(52(43)34-38)36-17-5-2-6-18-36/h1-26,28,34,37,43H,27,29-33H2. The first kappa shape index (κ1) is 32.3. The Morgan fingerprint density at radius 1 is 0.500 bits per heavy atom. The van der Waals surface area contributed by atoms with E-state index in [0.717, 1.165) is 38.5 Å². The molecule has 278 valence electrons. The first-order chi connectivity index (χ1) is 28.8. The van der Waals surface area contributed by atoms with E-state index < -0.39 is 0 Å². The van der Waals surface area contributed by atoms with Crippen molar-refractivity contribution in [1.29, 1.82) is 0 Å². The molecular weight excluding hydrogens is 705 g/mol. The van der Waals surface area contributed by atoms with Crippen LogP contribution in [0.1, 0.15) is 52.9 Å². The van der Waals surface area contributed by atoms with Gasteiger partial charge < -0.3 is 18.6 Å². The van der Waals surface area contributed by atoms with Crippen molar-refractivity contribution in [3.63, 3.8) is 0 Å². The predicted octanol–water partition coefficient (Wildman–Crippen LogP) is 13.1. The summed E-state index contributed by atoms with van der Waals surface area (Å²) < 4.78 is 7.99. The minimum Gasteiger partial charge on any atom is -0.340 e. The Balaban J connectivity index is 1.00. The van der Waals surface area contributed by atoms with Crippen molar-refractivity contribution in [3.8, 4) is 16.9 Å². The lowest BCUT2D eigenvalue weighted by Crippen LogP contribution is -2.22. The van der Waals surface area contributed by atoms with Gasteiger partial charge in [-0.2, -0.15) is 0 Å². The Morgan fingerprint density at radius 2 is 1.14 bits per heavy atom. The van der Waals surface area contributed by atoms with Gasteiger partial charge in [-0.3, -0.25) is 0 Å². The summed E-state index contributed by atoms with van der Waals surface area (Å²) in [5.74, 6) is 0.331. The fourth-order valence-corrected chi connectivity index (χ4v) is 11.5. The molecular formula is C54H42N4. The summed E-state index contributed by atoms with van der Waals surface area (Å²) in [7, 11) is 0. The maximum absolute atomic E-state index is 2.79. The van der Waals surface area contributed by atoms with Crippen LogP contribution in [0.5, 0.6) is 0 Å². The van der Waals surface area contributed by atoms with E-state index >= 15 is 0 Å². The van der Waals surface area contributed by atoms with E-state index in [1.807, 2.05) is 0 Å². The molecule has 0 radical (unpaired) electrons. The number of aryl methyl sites for hydroxylation is 2. The van der Waals surface area contributed by atoms with Crippen LogP contribution < -0.4 is 4.90 Å². The largest absolute Gasteiger partial charge is 0.340 e. The summed E-state index contributed by atoms with van der Waals surface area (Å²) in [5.41, 5.74) is 20.6. The van der Waals surface area contributed by atoms with Crippen LogP contribution in [-0.2, 0) is 25.7 Å². The van der Waals surface area contributed by atoms with E-state index in [0.29, 0.717) is 12.0 Å². The van der Waals surface area contributed by atoms with Gasteiger partial charge in [-0.05, 0) is 103 Å². The normalized spacial score (nSPS) is 18.1. The van der Waals surface area contributed by atoms with E-state index in [4.69, 9.17) is 0 Å². The van der Waals surface area contributed by atoms with Gasteiger partial charge in [0.2, 0.25) is 0 Å². The van der Waals surface area contributed by atoms with Gasteiger partial charge in [0.1, 0.15) is 0 Å². The summed E-state index contributed by atoms with van der Waals surface area (Å²) in [4.78, 5) is 2.51. The molecule has 3 aromatic heterocycles. The number of benzene rings is 6. The highest BCUT2D eigenvalue weighted by molar-refractivity contribution is 6.06. The summed E-state index contributed by atoms with van der Waals surface area (Å²) in [6.45, 7) is 0. The molecule has 4 heterocycles. The molecule has 0 saturated carbocycles. The zero-order chi connectivity index (χ0) is 37.9. The van der Waals surface area contributed by atoms with E-state index in [9.17, 15) is 0 Å². The Hall–Kier alpha value is -6.78. The van der Waals surface area contributed by atoms with Gasteiger partial charge in [-0.1, -0.05) is 115 Å². The van der Waals surface area contributed by atoms with Gasteiger partial charge in [0.05, 0.1) is 16.7 Å². The van der Waals surface area contributed by atoms with E-state index in [1.54, 1.807) is 0 Å². The maximum atomic E-state index is 2.79. The van der Waals surface area contributed by atoms with Crippen molar-refractivity contribution in [2.45, 2.75) is 50.5 Å². The second-order valence-electron chi connectivity index (χ2n) is 16.6. The molecule has 4 heteroatoms. The van der Waals surface area contributed by atoms with Gasteiger partial charge >= 0.3 is 0 Å². The minimum atomic E-state index is 0.331. The zero-order valence-corrected chi connectivity index (χ0v) is 32.4. The third-order valence-corrected chi connectivity index (χ3v) is 13.8. The number of fused-ring (bicyclic) bond motifs is 13. The van der Waals surface area contributed by atoms with Crippen LogP contribution in [0.4, 0.5) is 11.4 Å². The molecule has 0 saturated heterocycles. The number of anilines is 2. The van der Waals surface area contributed by atoms with Gasteiger partial charge in [0, 0.05) is 85.5 Å². The van der Waals surface area contributed by atoms with Crippen molar-refractivity contribution in [3.05, 3.63) is 204 Å². The van der Waals surface area contributed by atoms with Crippen LogP contribution in [-0.4, -0.2) is 13.7 Å². The lowest BCUT2D eigenvalue weighted by Gasteiger charge is -2.30. The molecule has 4 aliphatic rings. The number of aromatic nitrogens is 3. The quantitative estimate of drug-likeness (QED) is 0.175. The van der Waals surface area contributed by atoms with Crippen LogP contribution >= 0.6 is 0 Å². The fourth-order valence-electron chi connectivity index (χ4n) is 11.5. The molecule has 58 heavy (non-hydrogen) atoms. The minimum absolute atomic E-state index is 0.331. The van der Waals surface area contributed by atoms with E-state index in [2.05, 4.69) is 188 Å². The molecule has 4 nitrogen and oxygen atoms in total. The summed E-state index contributed by atoms with van der Waals surface area (Å²) in [6.07, 6.45) is 11.3. The number of nitrogens with zero attached hydrogens (tertiary/aromatic N) is 4. The average Bonchev–Trinajstić information content (AvgIpc) is 4.01. The molecule has 2 unspecified atom stereocenters. The number of allylic oxidation sites excluding steroid dienone is 4. The van der Waals surface area contributed by atoms with E-state index in [-0.39, 0.29) is 0 Å². The van der Waals surface area contributed by atoms with Crippen LogP contribution in [0.3, 0.4) is 0 Å². The van der Waals surface area contributed by atoms with Crippen molar-refractivity contribution in [2.75, 3.05) is 4.90 Å². The molecule has 0 bridgehead atoms. The Labute approximate surface area is 338 Å². The first-order valence-electron chi connectivity index (χ1n) is 21.1. The van der Waals surface area contributed by atoms with Crippen molar-refractivity contribution < 1.29 is 0 Å². The topological polar surface area (TPSA) is 18.0 Å². The van der Waals surface area contributed by atoms with Crippen molar-refractivity contribution in [1.82, 2.24) is 13.7 Å². The summed E-state index contributed by atoms with van der Waals surface area (Å²) >= 11 is 0. The number of hydrogen-bond acceptors (Lipinski definition) is 1.